The zero-order chi connectivity index (χ0) is 14.7. The number of nitrogens with one attached hydrogen (secondary N) is 2. The molecule has 3 rings (SSSR count). The standard InChI is InChI=1S/C17H23N3O/c18-9-10-19-17(21)13-7-5-12(6-8-13)15-11-20-16-4-2-1-3-14(15)16/h1-4,11-13,20H,5-10,18H2,(H,19,21). The van der Waals surface area contributed by atoms with E-state index in [1.165, 1.54) is 16.5 Å². The van der Waals surface area contributed by atoms with Gasteiger partial charge in [0.25, 0.3) is 0 Å². The van der Waals surface area contributed by atoms with Crippen LogP contribution in [0.25, 0.3) is 10.9 Å². The fraction of sp³-hybridized carbons (Fsp3) is 0.471. The molecule has 1 aliphatic rings. The lowest BCUT2D eigenvalue weighted by Gasteiger charge is -2.27. The lowest BCUT2D eigenvalue weighted by Crippen LogP contribution is -2.35. The molecule has 0 unspecified atom stereocenters. The van der Waals surface area contributed by atoms with Crippen molar-refractivity contribution in [1.29, 1.82) is 0 Å². The van der Waals surface area contributed by atoms with Crippen LogP contribution >= 0.6 is 0 Å². The molecule has 1 heterocycles. The fourth-order valence-electron chi connectivity index (χ4n) is 3.44. The van der Waals surface area contributed by atoms with Gasteiger partial charge in [-0.2, -0.15) is 0 Å². The Morgan fingerprint density at radius 3 is 2.76 bits per heavy atom. The summed E-state index contributed by atoms with van der Waals surface area (Å²) >= 11 is 0. The second-order valence-corrected chi connectivity index (χ2v) is 5.92. The molecule has 1 aromatic carbocycles. The monoisotopic (exact) mass is 285 g/mol. The van der Waals surface area contributed by atoms with E-state index in [9.17, 15) is 4.79 Å². The van der Waals surface area contributed by atoms with Crippen LogP contribution in [0.4, 0.5) is 0 Å². The molecule has 0 radical (unpaired) electrons. The first kappa shape index (κ1) is 14.1. The van der Waals surface area contributed by atoms with Crippen LogP contribution in [0.1, 0.15) is 37.2 Å². The predicted molar refractivity (Wildman–Crippen MR) is 85.1 cm³/mol. The van der Waals surface area contributed by atoms with Gasteiger partial charge in [-0.3, -0.25) is 4.79 Å². The molecule has 1 fully saturated rings. The van der Waals surface area contributed by atoms with Gasteiger partial charge in [-0.05, 0) is 43.2 Å². The van der Waals surface area contributed by atoms with Gasteiger partial charge in [0, 0.05) is 36.1 Å². The molecule has 0 saturated heterocycles. The number of aromatic nitrogens is 1. The highest BCUT2D eigenvalue weighted by molar-refractivity contribution is 5.83. The van der Waals surface area contributed by atoms with Gasteiger partial charge < -0.3 is 16.0 Å². The maximum atomic E-state index is 12.0. The smallest absolute Gasteiger partial charge is 0.223 e. The molecule has 0 spiro atoms. The zero-order valence-electron chi connectivity index (χ0n) is 12.3. The zero-order valence-corrected chi connectivity index (χ0v) is 12.3. The maximum Gasteiger partial charge on any atom is 0.223 e. The minimum atomic E-state index is 0.165. The average Bonchev–Trinajstić information content (AvgIpc) is 2.97. The Morgan fingerprint density at radius 1 is 1.24 bits per heavy atom. The van der Waals surface area contributed by atoms with Crippen molar-refractivity contribution in [3.63, 3.8) is 0 Å². The van der Waals surface area contributed by atoms with Crippen molar-refractivity contribution in [1.82, 2.24) is 10.3 Å². The van der Waals surface area contributed by atoms with E-state index < -0.39 is 0 Å². The molecule has 1 aromatic heterocycles. The Kier molecular flexibility index (Phi) is 4.25. The second-order valence-electron chi connectivity index (χ2n) is 5.92. The number of benzene rings is 1. The summed E-state index contributed by atoms with van der Waals surface area (Å²) in [4.78, 5) is 15.3. The molecular weight excluding hydrogens is 262 g/mol. The van der Waals surface area contributed by atoms with Gasteiger partial charge >= 0.3 is 0 Å². The van der Waals surface area contributed by atoms with Gasteiger partial charge in [0.15, 0.2) is 0 Å². The first-order valence-electron chi connectivity index (χ1n) is 7.83. The predicted octanol–water partition coefficient (Wildman–Crippen LogP) is 2.52. The van der Waals surface area contributed by atoms with Crippen molar-refractivity contribution in [2.75, 3.05) is 13.1 Å². The number of nitrogens with two attached hydrogens (primary N) is 1. The van der Waals surface area contributed by atoms with Gasteiger partial charge in [0.05, 0.1) is 0 Å². The van der Waals surface area contributed by atoms with Crippen LogP contribution in [0.15, 0.2) is 30.5 Å². The molecule has 2 aromatic rings. The van der Waals surface area contributed by atoms with Crippen LogP contribution < -0.4 is 11.1 Å². The third-order valence-corrected chi connectivity index (χ3v) is 4.60. The van der Waals surface area contributed by atoms with Crippen LogP contribution in [0.2, 0.25) is 0 Å². The van der Waals surface area contributed by atoms with E-state index in [2.05, 4.69) is 40.8 Å². The quantitative estimate of drug-likeness (QED) is 0.807. The number of amides is 1. The molecule has 4 heteroatoms. The van der Waals surface area contributed by atoms with Gasteiger partial charge in [0.2, 0.25) is 5.91 Å². The number of rotatable bonds is 4. The lowest BCUT2D eigenvalue weighted by atomic mass is 9.78. The summed E-state index contributed by atoms with van der Waals surface area (Å²) in [5.74, 6) is 0.913. The molecule has 1 saturated carbocycles. The van der Waals surface area contributed by atoms with Crippen molar-refractivity contribution >= 4 is 16.8 Å². The molecule has 0 bridgehead atoms. The SMILES string of the molecule is NCCNC(=O)C1CCC(c2c[nH]c3ccccc23)CC1. The van der Waals surface area contributed by atoms with Crippen molar-refractivity contribution in [2.45, 2.75) is 31.6 Å². The number of aromatic amines is 1. The summed E-state index contributed by atoms with van der Waals surface area (Å²) in [7, 11) is 0. The average molecular weight is 285 g/mol. The van der Waals surface area contributed by atoms with Gasteiger partial charge in [-0.1, -0.05) is 18.2 Å². The summed E-state index contributed by atoms with van der Waals surface area (Å²) in [6, 6.07) is 8.44. The van der Waals surface area contributed by atoms with E-state index >= 15 is 0 Å². The third kappa shape index (κ3) is 2.95. The minimum Gasteiger partial charge on any atom is -0.361 e. The van der Waals surface area contributed by atoms with Crippen LogP contribution in [0.3, 0.4) is 0 Å². The number of carbonyl (C=O) groups is 1. The van der Waals surface area contributed by atoms with E-state index in [1.807, 2.05) is 0 Å². The number of hydrogen-bond donors (Lipinski definition) is 3. The van der Waals surface area contributed by atoms with Crippen molar-refractivity contribution in [2.24, 2.45) is 11.7 Å². The molecule has 21 heavy (non-hydrogen) atoms. The van der Waals surface area contributed by atoms with E-state index in [0.717, 1.165) is 25.7 Å². The lowest BCUT2D eigenvalue weighted by molar-refractivity contribution is -0.125. The highest BCUT2D eigenvalue weighted by Gasteiger charge is 2.27. The van der Waals surface area contributed by atoms with E-state index in [0.29, 0.717) is 19.0 Å². The molecule has 4 N–H and O–H groups in total. The number of carbonyl (C=O) groups excluding carboxylic acids is 1. The Hall–Kier alpha value is -1.81. The number of fused-ring (bicyclic) bond motifs is 1. The summed E-state index contributed by atoms with van der Waals surface area (Å²) in [6.45, 7) is 1.09. The Balaban J connectivity index is 1.64. The topological polar surface area (TPSA) is 70.9 Å². The molecular formula is C17H23N3O. The number of H-pyrrole nitrogens is 1. The Bertz CT molecular complexity index is 611. The molecule has 112 valence electrons. The Morgan fingerprint density at radius 2 is 2.00 bits per heavy atom. The van der Waals surface area contributed by atoms with Gasteiger partial charge in [-0.25, -0.2) is 0 Å². The maximum absolute atomic E-state index is 12.0. The van der Waals surface area contributed by atoms with Gasteiger partial charge in [0.1, 0.15) is 0 Å². The van der Waals surface area contributed by atoms with Crippen molar-refractivity contribution in [3.05, 3.63) is 36.0 Å². The highest BCUT2D eigenvalue weighted by Crippen LogP contribution is 2.38. The van der Waals surface area contributed by atoms with E-state index in [-0.39, 0.29) is 11.8 Å². The molecule has 0 atom stereocenters. The normalized spacial score (nSPS) is 22.3. The largest absolute Gasteiger partial charge is 0.361 e. The second kappa shape index (κ2) is 6.31. The van der Waals surface area contributed by atoms with Crippen molar-refractivity contribution in [3.8, 4) is 0 Å². The molecule has 1 amide bonds. The van der Waals surface area contributed by atoms with E-state index in [4.69, 9.17) is 5.73 Å². The minimum absolute atomic E-state index is 0.165. The summed E-state index contributed by atoms with van der Waals surface area (Å²) < 4.78 is 0. The number of hydrogen-bond acceptors (Lipinski definition) is 2. The number of para-hydroxylation sites is 1. The van der Waals surface area contributed by atoms with Crippen molar-refractivity contribution < 1.29 is 4.79 Å². The van der Waals surface area contributed by atoms with Crippen LogP contribution in [0.5, 0.6) is 0 Å². The summed E-state index contributed by atoms with van der Waals surface area (Å²) in [6.07, 6.45) is 6.26. The molecule has 1 aliphatic carbocycles. The van der Waals surface area contributed by atoms with Crippen LogP contribution in [-0.4, -0.2) is 24.0 Å². The fourth-order valence-corrected chi connectivity index (χ4v) is 3.44. The van der Waals surface area contributed by atoms with E-state index in [1.54, 1.807) is 0 Å². The summed E-state index contributed by atoms with van der Waals surface area (Å²) in [5, 5.41) is 4.24. The van der Waals surface area contributed by atoms with Gasteiger partial charge in [-0.15, -0.1) is 0 Å². The Labute approximate surface area is 125 Å². The molecule has 0 aliphatic heterocycles. The summed E-state index contributed by atoms with van der Waals surface area (Å²) in [5.41, 5.74) is 8.04. The first-order valence-corrected chi connectivity index (χ1v) is 7.83. The highest BCUT2D eigenvalue weighted by atomic mass is 16.1. The van der Waals surface area contributed by atoms with Crippen LogP contribution in [0, 0.1) is 5.92 Å². The third-order valence-electron chi connectivity index (χ3n) is 4.60. The first-order chi connectivity index (χ1) is 10.3. The molecule has 4 nitrogen and oxygen atoms in total. The van der Waals surface area contributed by atoms with Crippen LogP contribution in [-0.2, 0) is 4.79 Å².